The van der Waals surface area contributed by atoms with Crippen LogP contribution < -0.4 is 4.90 Å². The SMILES string of the molecule is c1ccc(-c2ccc(-c3nc(-c4ccccc4)nc(-c4cccc5oc6cc(N(c7ccccc7)c7ccc8c(c7)oc7ccccc78)ccc6c45)n3)cc2)cc1. The maximum atomic E-state index is 6.66. The third-order valence-corrected chi connectivity index (χ3v) is 10.5. The predicted octanol–water partition coefficient (Wildman–Crippen LogP) is 13.8. The number of hydrogen-bond donors (Lipinski definition) is 0. The van der Waals surface area contributed by atoms with Crippen LogP contribution in [0, 0.1) is 0 Å². The van der Waals surface area contributed by atoms with Crippen molar-refractivity contribution in [3.63, 3.8) is 0 Å². The Morgan fingerprint density at radius 2 is 0.807 bits per heavy atom. The van der Waals surface area contributed by atoms with Crippen molar-refractivity contribution < 1.29 is 8.83 Å². The molecule has 11 rings (SSSR count). The van der Waals surface area contributed by atoms with Crippen LogP contribution in [0.15, 0.2) is 203 Å². The largest absolute Gasteiger partial charge is 0.456 e. The molecule has 268 valence electrons. The first kappa shape index (κ1) is 32.6. The van der Waals surface area contributed by atoms with Crippen LogP contribution >= 0.6 is 0 Å². The van der Waals surface area contributed by atoms with Crippen LogP contribution in [0.3, 0.4) is 0 Å². The van der Waals surface area contributed by atoms with E-state index in [2.05, 4.69) is 126 Å². The van der Waals surface area contributed by atoms with Crippen molar-refractivity contribution >= 4 is 60.9 Å². The minimum atomic E-state index is 0.577. The second-order valence-corrected chi connectivity index (χ2v) is 14.0. The highest BCUT2D eigenvalue weighted by molar-refractivity contribution is 6.13. The first-order valence-electron chi connectivity index (χ1n) is 18.9. The second kappa shape index (κ2) is 13.5. The van der Waals surface area contributed by atoms with Crippen LogP contribution in [-0.4, -0.2) is 15.0 Å². The van der Waals surface area contributed by atoms with E-state index in [1.54, 1.807) is 0 Å². The molecule has 6 nitrogen and oxygen atoms in total. The molecule has 0 amide bonds. The molecule has 3 aromatic heterocycles. The lowest BCUT2D eigenvalue weighted by molar-refractivity contribution is 0.669. The molecule has 11 aromatic rings. The highest BCUT2D eigenvalue weighted by atomic mass is 16.3. The fourth-order valence-corrected chi connectivity index (χ4v) is 7.80. The minimum absolute atomic E-state index is 0.577. The molecule has 0 aliphatic heterocycles. The van der Waals surface area contributed by atoms with Gasteiger partial charge >= 0.3 is 0 Å². The number of nitrogens with zero attached hydrogens (tertiary/aromatic N) is 4. The van der Waals surface area contributed by atoms with Gasteiger partial charge in [-0.25, -0.2) is 15.0 Å². The topological polar surface area (TPSA) is 68.2 Å². The maximum Gasteiger partial charge on any atom is 0.164 e. The maximum absolute atomic E-state index is 6.66. The van der Waals surface area contributed by atoms with E-state index >= 15 is 0 Å². The molecule has 0 aliphatic rings. The number of rotatable bonds is 7. The standard InChI is InChI=1S/C51H32N4O2/c1-4-13-33(14-5-1)34-23-25-36(26-24-34)50-52-49(35-15-6-2-7-16-35)53-51(54-50)43-20-12-22-45-48(43)42-30-28-39(32-47(42)57-45)55(37-17-8-3-9-18-37)38-27-29-41-40-19-10-11-21-44(40)56-46(41)31-38/h1-32H. The summed E-state index contributed by atoms with van der Waals surface area (Å²) in [6.07, 6.45) is 0. The summed E-state index contributed by atoms with van der Waals surface area (Å²) in [5.41, 5.74) is 11.2. The summed E-state index contributed by atoms with van der Waals surface area (Å²) in [5.74, 6) is 1.79. The molecule has 0 N–H and O–H groups in total. The Balaban J connectivity index is 1.04. The summed E-state index contributed by atoms with van der Waals surface area (Å²) in [7, 11) is 0. The molecule has 0 bridgehead atoms. The molecule has 0 atom stereocenters. The van der Waals surface area contributed by atoms with Gasteiger partial charge in [0.1, 0.15) is 22.3 Å². The van der Waals surface area contributed by atoms with Crippen LogP contribution in [0.4, 0.5) is 17.1 Å². The van der Waals surface area contributed by atoms with Crippen molar-refractivity contribution in [1.82, 2.24) is 15.0 Å². The van der Waals surface area contributed by atoms with E-state index < -0.39 is 0 Å². The van der Waals surface area contributed by atoms with Gasteiger partial charge in [-0.1, -0.05) is 133 Å². The fourth-order valence-electron chi connectivity index (χ4n) is 7.80. The smallest absolute Gasteiger partial charge is 0.164 e. The summed E-state index contributed by atoms with van der Waals surface area (Å²) in [5, 5.41) is 4.11. The lowest BCUT2D eigenvalue weighted by Gasteiger charge is -2.25. The van der Waals surface area contributed by atoms with Crippen LogP contribution in [0.25, 0.3) is 89.2 Å². The Labute approximate surface area is 328 Å². The number of furan rings is 2. The molecule has 0 saturated carbocycles. The molecule has 0 unspecified atom stereocenters. The van der Waals surface area contributed by atoms with Gasteiger partial charge in [-0.15, -0.1) is 0 Å². The Morgan fingerprint density at radius 1 is 0.316 bits per heavy atom. The predicted molar refractivity (Wildman–Crippen MR) is 231 cm³/mol. The average Bonchev–Trinajstić information content (AvgIpc) is 3.85. The van der Waals surface area contributed by atoms with E-state index in [1.807, 2.05) is 72.8 Å². The van der Waals surface area contributed by atoms with Gasteiger partial charge in [-0.2, -0.15) is 0 Å². The quantitative estimate of drug-likeness (QED) is 0.162. The summed E-state index contributed by atoms with van der Waals surface area (Å²) in [6, 6.07) is 66.2. The zero-order valence-electron chi connectivity index (χ0n) is 30.6. The lowest BCUT2D eigenvalue weighted by atomic mass is 10.0. The van der Waals surface area contributed by atoms with Crippen LogP contribution in [0.5, 0.6) is 0 Å². The van der Waals surface area contributed by atoms with Crippen molar-refractivity contribution in [1.29, 1.82) is 0 Å². The highest BCUT2D eigenvalue weighted by Crippen LogP contribution is 2.42. The second-order valence-electron chi connectivity index (χ2n) is 14.0. The van der Waals surface area contributed by atoms with Gasteiger partial charge in [0.05, 0.1) is 0 Å². The van der Waals surface area contributed by atoms with Gasteiger partial charge in [0, 0.05) is 67.4 Å². The lowest BCUT2D eigenvalue weighted by Crippen LogP contribution is -2.09. The molecule has 0 radical (unpaired) electrons. The van der Waals surface area contributed by atoms with E-state index in [0.29, 0.717) is 17.5 Å². The molecule has 0 saturated heterocycles. The van der Waals surface area contributed by atoms with E-state index in [4.69, 9.17) is 23.8 Å². The van der Waals surface area contributed by atoms with Gasteiger partial charge in [-0.05, 0) is 59.7 Å². The molecular formula is C51H32N4O2. The average molecular weight is 733 g/mol. The summed E-state index contributed by atoms with van der Waals surface area (Å²) in [4.78, 5) is 17.4. The number of fused-ring (bicyclic) bond motifs is 6. The van der Waals surface area contributed by atoms with Crippen molar-refractivity contribution in [2.24, 2.45) is 0 Å². The summed E-state index contributed by atoms with van der Waals surface area (Å²) < 4.78 is 13.0. The first-order valence-corrected chi connectivity index (χ1v) is 18.9. The van der Waals surface area contributed by atoms with Crippen molar-refractivity contribution in [2.75, 3.05) is 4.90 Å². The first-order chi connectivity index (χ1) is 28.2. The summed E-state index contributed by atoms with van der Waals surface area (Å²) >= 11 is 0. The third kappa shape index (κ3) is 5.79. The van der Waals surface area contributed by atoms with Gasteiger partial charge in [0.25, 0.3) is 0 Å². The Hall–Kier alpha value is -7.83. The number of benzene rings is 8. The molecule has 6 heteroatoms. The van der Waals surface area contributed by atoms with E-state index in [9.17, 15) is 0 Å². The molecule has 57 heavy (non-hydrogen) atoms. The fraction of sp³-hybridized carbons (Fsp3) is 0. The monoisotopic (exact) mass is 732 g/mol. The molecular weight excluding hydrogens is 701 g/mol. The van der Waals surface area contributed by atoms with E-state index in [0.717, 1.165) is 88.8 Å². The Bertz CT molecular complexity index is 3230. The zero-order valence-corrected chi connectivity index (χ0v) is 30.6. The van der Waals surface area contributed by atoms with Gasteiger partial charge in [0.15, 0.2) is 17.5 Å². The molecule has 0 spiro atoms. The summed E-state index contributed by atoms with van der Waals surface area (Å²) in [6.45, 7) is 0. The number of hydrogen-bond acceptors (Lipinski definition) is 6. The zero-order chi connectivity index (χ0) is 37.7. The van der Waals surface area contributed by atoms with Crippen molar-refractivity contribution in [3.05, 3.63) is 194 Å². The third-order valence-electron chi connectivity index (χ3n) is 10.5. The Kier molecular flexibility index (Phi) is 7.71. The Morgan fingerprint density at radius 3 is 1.53 bits per heavy atom. The van der Waals surface area contributed by atoms with Gasteiger partial charge in [-0.3, -0.25) is 0 Å². The van der Waals surface area contributed by atoms with E-state index in [-0.39, 0.29) is 0 Å². The van der Waals surface area contributed by atoms with Crippen molar-refractivity contribution in [3.8, 4) is 45.3 Å². The molecule has 3 heterocycles. The number of anilines is 3. The number of para-hydroxylation sites is 2. The van der Waals surface area contributed by atoms with Gasteiger partial charge in [0.2, 0.25) is 0 Å². The minimum Gasteiger partial charge on any atom is -0.456 e. The van der Waals surface area contributed by atoms with Crippen LogP contribution in [0.2, 0.25) is 0 Å². The number of aromatic nitrogens is 3. The highest BCUT2D eigenvalue weighted by Gasteiger charge is 2.21. The van der Waals surface area contributed by atoms with Crippen LogP contribution in [0.1, 0.15) is 0 Å². The molecule has 8 aromatic carbocycles. The van der Waals surface area contributed by atoms with Crippen LogP contribution in [-0.2, 0) is 0 Å². The molecule has 0 aliphatic carbocycles. The normalized spacial score (nSPS) is 11.5. The van der Waals surface area contributed by atoms with Crippen molar-refractivity contribution in [2.45, 2.75) is 0 Å². The van der Waals surface area contributed by atoms with Gasteiger partial charge < -0.3 is 13.7 Å². The molecule has 0 fully saturated rings. The van der Waals surface area contributed by atoms with E-state index in [1.165, 1.54) is 0 Å².